The molecule has 1 amide bonds. The van der Waals surface area contributed by atoms with E-state index in [0.717, 1.165) is 64.5 Å². The second-order valence-electron chi connectivity index (χ2n) is 8.61. The van der Waals surface area contributed by atoms with E-state index in [1.54, 1.807) is 12.0 Å². The maximum absolute atomic E-state index is 12.4. The topological polar surface area (TPSA) is 75.6 Å². The number of carbonyl (C=O) groups is 1. The summed E-state index contributed by atoms with van der Waals surface area (Å²) in [4.78, 5) is 21.2. The smallest absolute Gasteiger partial charge is 0.410 e. The lowest BCUT2D eigenvalue weighted by Crippen LogP contribution is -2.47. The number of guanidine groups is 1. The number of carbonyl (C=O) groups excluding carboxylic acids is 1. The van der Waals surface area contributed by atoms with Gasteiger partial charge in [0.1, 0.15) is 5.60 Å². The molecule has 0 unspecified atom stereocenters. The number of halogens is 1. The van der Waals surface area contributed by atoms with Gasteiger partial charge in [-0.3, -0.25) is 4.99 Å². The Morgan fingerprint density at radius 3 is 2.39 bits per heavy atom. The van der Waals surface area contributed by atoms with Crippen LogP contribution in [0.15, 0.2) is 4.99 Å². The number of hydrogen-bond acceptors (Lipinski definition) is 5. The first kappa shape index (κ1) is 30.2. The summed E-state index contributed by atoms with van der Waals surface area (Å²) >= 11 is 0. The second-order valence-corrected chi connectivity index (χ2v) is 8.61. The Morgan fingerprint density at radius 1 is 1.16 bits per heavy atom. The first-order valence-electron chi connectivity index (χ1n) is 11.4. The van der Waals surface area contributed by atoms with Gasteiger partial charge < -0.3 is 29.3 Å². The van der Waals surface area contributed by atoms with Crippen LogP contribution in [0.4, 0.5) is 4.79 Å². The second kappa shape index (κ2) is 16.8. The molecule has 31 heavy (non-hydrogen) atoms. The lowest BCUT2D eigenvalue weighted by molar-refractivity contribution is 0.00983. The Hall–Kier alpha value is -0.810. The van der Waals surface area contributed by atoms with Gasteiger partial charge in [0.25, 0.3) is 0 Å². The lowest BCUT2D eigenvalue weighted by atomic mass is 10.1. The van der Waals surface area contributed by atoms with Gasteiger partial charge in [-0.05, 0) is 53.4 Å². The molecule has 1 N–H and O–H groups in total. The highest BCUT2D eigenvalue weighted by molar-refractivity contribution is 14.0. The minimum Gasteiger partial charge on any atom is -0.444 e. The molecular formula is C22H45IN4O4. The van der Waals surface area contributed by atoms with Crippen LogP contribution in [-0.4, -0.2) is 93.1 Å². The van der Waals surface area contributed by atoms with E-state index in [4.69, 9.17) is 19.2 Å². The van der Waals surface area contributed by atoms with Gasteiger partial charge in [-0.15, -0.1) is 24.0 Å². The number of ether oxygens (including phenoxy) is 3. The molecule has 1 heterocycles. The van der Waals surface area contributed by atoms with Gasteiger partial charge >= 0.3 is 6.09 Å². The van der Waals surface area contributed by atoms with Gasteiger partial charge in [-0.1, -0.05) is 6.92 Å². The number of nitrogens with one attached hydrogen (secondary N) is 1. The molecule has 1 rings (SSSR count). The van der Waals surface area contributed by atoms with Crippen LogP contribution in [0.2, 0.25) is 0 Å². The van der Waals surface area contributed by atoms with Gasteiger partial charge in [0.15, 0.2) is 5.96 Å². The minimum absolute atomic E-state index is 0. The molecule has 0 aromatic heterocycles. The summed E-state index contributed by atoms with van der Waals surface area (Å²) in [6.07, 6.45) is 3.87. The first-order chi connectivity index (χ1) is 14.3. The van der Waals surface area contributed by atoms with E-state index in [2.05, 4.69) is 24.1 Å². The molecule has 0 aromatic carbocycles. The first-order valence-corrected chi connectivity index (χ1v) is 11.4. The number of nitrogens with zero attached hydrogens (tertiary/aromatic N) is 3. The largest absolute Gasteiger partial charge is 0.444 e. The van der Waals surface area contributed by atoms with Crippen molar-refractivity contribution in [2.75, 3.05) is 59.6 Å². The predicted molar refractivity (Wildman–Crippen MR) is 137 cm³/mol. The number of aliphatic imine (C=N–C) groups is 1. The van der Waals surface area contributed by atoms with Crippen LogP contribution in [0, 0.1) is 0 Å². The number of piperidine rings is 1. The zero-order valence-corrected chi connectivity index (χ0v) is 22.8. The fourth-order valence-corrected chi connectivity index (χ4v) is 3.28. The SMILES string of the molecule is CCCN(CCN=C(NCC)N1CCC(OCCCOC)CC1)C(=O)OC(C)(C)C.I. The van der Waals surface area contributed by atoms with Crippen molar-refractivity contribution in [3.8, 4) is 0 Å². The van der Waals surface area contributed by atoms with E-state index in [-0.39, 0.29) is 30.1 Å². The number of rotatable bonds is 11. The third kappa shape index (κ3) is 13.4. The molecule has 8 nitrogen and oxygen atoms in total. The number of methoxy groups -OCH3 is 1. The minimum atomic E-state index is -0.489. The highest BCUT2D eigenvalue weighted by Crippen LogP contribution is 2.14. The van der Waals surface area contributed by atoms with Gasteiger partial charge in [0.05, 0.1) is 12.6 Å². The average molecular weight is 557 g/mol. The predicted octanol–water partition coefficient (Wildman–Crippen LogP) is 3.73. The summed E-state index contributed by atoms with van der Waals surface area (Å²) in [6.45, 7) is 15.7. The Bertz CT molecular complexity index is 506. The van der Waals surface area contributed by atoms with E-state index < -0.39 is 5.60 Å². The van der Waals surface area contributed by atoms with Crippen LogP contribution in [0.1, 0.15) is 60.3 Å². The normalized spacial score (nSPS) is 15.4. The van der Waals surface area contributed by atoms with E-state index in [1.165, 1.54) is 0 Å². The molecule has 1 saturated heterocycles. The third-order valence-corrected chi connectivity index (χ3v) is 4.70. The molecule has 1 aliphatic heterocycles. The summed E-state index contributed by atoms with van der Waals surface area (Å²) in [5.41, 5.74) is -0.489. The molecule has 0 radical (unpaired) electrons. The summed E-state index contributed by atoms with van der Waals surface area (Å²) in [6, 6.07) is 0. The quantitative estimate of drug-likeness (QED) is 0.181. The highest BCUT2D eigenvalue weighted by atomic mass is 127. The average Bonchev–Trinajstić information content (AvgIpc) is 2.69. The zero-order valence-electron chi connectivity index (χ0n) is 20.4. The van der Waals surface area contributed by atoms with E-state index in [9.17, 15) is 4.79 Å². The Balaban J connectivity index is 0.00000900. The van der Waals surface area contributed by atoms with Crippen LogP contribution in [-0.2, 0) is 14.2 Å². The Kier molecular flexibility index (Phi) is 16.3. The van der Waals surface area contributed by atoms with Crippen molar-refractivity contribution >= 4 is 36.0 Å². The molecule has 1 aliphatic rings. The molecule has 184 valence electrons. The molecule has 0 saturated carbocycles. The molecule has 1 fully saturated rings. The number of likely N-dealkylation sites (tertiary alicyclic amines) is 1. The van der Waals surface area contributed by atoms with Crippen molar-refractivity contribution in [3.63, 3.8) is 0 Å². The zero-order chi connectivity index (χ0) is 22.4. The van der Waals surface area contributed by atoms with Crippen molar-refractivity contribution in [2.45, 2.75) is 72.0 Å². The molecule has 0 spiro atoms. The fraction of sp³-hybridized carbons (Fsp3) is 0.909. The van der Waals surface area contributed by atoms with E-state index in [0.29, 0.717) is 25.7 Å². The summed E-state index contributed by atoms with van der Waals surface area (Å²) < 4.78 is 16.5. The fourth-order valence-electron chi connectivity index (χ4n) is 3.28. The van der Waals surface area contributed by atoms with Crippen LogP contribution in [0.25, 0.3) is 0 Å². The van der Waals surface area contributed by atoms with Crippen molar-refractivity contribution in [1.29, 1.82) is 0 Å². The Morgan fingerprint density at radius 2 is 1.84 bits per heavy atom. The Labute approximate surface area is 206 Å². The van der Waals surface area contributed by atoms with E-state index >= 15 is 0 Å². The molecular weight excluding hydrogens is 511 g/mol. The van der Waals surface area contributed by atoms with Crippen LogP contribution in [0.3, 0.4) is 0 Å². The summed E-state index contributed by atoms with van der Waals surface area (Å²) in [7, 11) is 1.72. The summed E-state index contributed by atoms with van der Waals surface area (Å²) in [5.74, 6) is 0.913. The van der Waals surface area contributed by atoms with E-state index in [1.807, 2.05) is 20.8 Å². The monoisotopic (exact) mass is 556 g/mol. The molecule has 0 aliphatic carbocycles. The van der Waals surface area contributed by atoms with Gasteiger partial charge in [0, 0.05) is 53.0 Å². The maximum atomic E-state index is 12.4. The lowest BCUT2D eigenvalue weighted by Gasteiger charge is -2.34. The van der Waals surface area contributed by atoms with Gasteiger partial charge in [-0.25, -0.2) is 4.79 Å². The van der Waals surface area contributed by atoms with Crippen molar-refractivity contribution in [2.24, 2.45) is 4.99 Å². The summed E-state index contributed by atoms with van der Waals surface area (Å²) in [5, 5.41) is 3.38. The molecule has 0 aromatic rings. The number of amides is 1. The van der Waals surface area contributed by atoms with Crippen LogP contribution in [0.5, 0.6) is 0 Å². The third-order valence-electron chi connectivity index (χ3n) is 4.70. The number of hydrogen-bond donors (Lipinski definition) is 1. The molecule has 9 heteroatoms. The van der Waals surface area contributed by atoms with Gasteiger partial charge in [-0.2, -0.15) is 0 Å². The molecule has 0 atom stereocenters. The van der Waals surface area contributed by atoms with Crippen LogP contribution >= 0.6 is 24.0 Å². The molecule has 0 bridgehead atoms. The van der Waals surface area contributed by atoms with Crippen LogP contribution < -0.4 is 5.32 Å². The highest BCUT2D eigenvalue weighted by Gasteiger charge is 2.23. The van der Waals surface area contributed by atoms with Crippen molar-refractivity contribution in [1.82, 2.24) is 15.1 Å². The van der Waals surface area contributed by atoms with Crippen molar-refractivity contribution < 1.29 is 19.0 Å². The van der Waals surface area contributed by atoms with Crippen molar-refractivity contribution in [3.05, 3.63) is 0 Å². The van der Waals surface area contributed by atoms with Gasteiger partial charge in [0.2, 0.25) is 0 Å². The maximum Gasteiger partial charge on any atom is 0.410 e. The standard InChI is InChI=1S/C22H44N4O4.HI/c1-7-13-26(21(27)30-22(3,4)5)16-12-24-20(23-8-2)25-14-10-19(11-15-25)29-18-9-17-28-6;/h19H,7-18H2,1-6H3,(H,23,24);1H.